The van der Waals surface area contributed by atoms with Crippen LogP contribution in [-0.4, -0.2) is 22.7 Å². The number of nitrogens with zero attached hydrogens (tertiary/aromatic N) is 2. The molecular formula is C20H19N3O3S. The van der Waals surface area contributed by atoms with Crippen LogP contribution >= 0.6 is 11.3 Å². The van der Waals surface area contributed by atoms with E-state index in [1.54, 1.807) is 12.4 Å². The van der Waals surface area contributed by atoms with E-state index in [9.17, 15) is 4.79 Å². The summed E-state index contributed by atoms with van der Waals surface area (Å²) in [6, 6.07) is 9.47. The first-order valence-corrected chi connectivity index (χ1v) is 9.51. The Morgan fingerprint density at radius 3 is 2.89 bits per heavy atom. The third-order valence-corrected chi connectivity index (χ3v) is 5.57. The highest BCUT2D eigenvalue weighted by molar-refractivity contribution is 7.15. The second kappa shape index (κ2) is 7.36. The van der Waals surface area contributed by atoms with Gasteiger partial charge >= 0.3 is 0 Å². The van der Waals surface area contributed by atoms with Gasteiger partial charge in [-0.3, -0.25) is 9.78 Å². The molecule has 0 atom stereocenters. The maximum atomic E-state index is 12.8. The standard InChI is InChI=1S/C20H19N3O3S/c1-12(2)20-23-17(19(24)22-10-13-4-3-7-21-9-13)18(27-20)14-5-6-15-16(8-14)26-11-25-15/h3-9,12H,10-11H2,1-2H3,(H,22,24). The zero-order valence-corrected chi connectivity index (χ0v) is 15.9. The molecule has 0 bridgehead atoms. The van der Waals surface area contributed by atoms with Crippen molar-refractivity contribution in [1.82, 2.24) is 15.3 Å². The number of nitrogens with one attached hydrogen (secondary N) is 1. The van der Waals surface area contributed by atoms with E-state index in [1.165, 1.54) is 11.3 Å². The van der Waals surface area contributed by atoms with Gasteiger partial charge in [0.25, 0.3) is 5.91 Å². The Hall–Kier alpha value is -2.93. The molecule has 0 radical (unpaired) electrons. The van der Waals surface area contributed by atoms with E-state index in [0.717, 1.165) is 26.8 Å². The lowest BCUT2D eigenvalue weighted by atomic mass is 10.1. The summed E-state index contributed by atoms with van der Waals surface area (Å²) in [5, 5.41) is 3.86. The summed E-state index contributed by atoms with van der Waals surface area (Å²) in [4.78, 5) is 22.4. The van der Waals surface area contributed by atoms with Crippen LogP contribution in [0.1, 0.15) is 40.8 Å². The SMILES string of the molecule is CC(C)c1nc(C(=O)NCc2cccnc2)c(-c2ccc3c(c2)OCO3)s1. The van der Waals surface area contributed by atoms with Crippen LogP contribution in [0.25, 0.3) is 10.4 Å². The zero-order valence-electron chi connectivity index (χ0n) is 15.1. The van der Waals surface area contributed by atoms with E-state index < -0.39 is 0 Å². The van der Waals surface area contributed by atoms with E-state index in [0.29, 0.717) is 18.0 Å². The molecule has 1 aliphatic heterocycles. The Labute approximate surface area is 161 Å². The fraction of sp³-hybridized carbons (Fsp3) is 0.250. The number of hydrogen-bond donors (Lipinski definition) is 1. The van der Waals surface area contributed by atoms with Gasteiger partial charge in [-0.25, -0.2) is 4.98 Å². The van der Waals surface area contributed by atoms with Crippen molar-refractivity contribution in [3.63, 3.8) is 0 Å². The molecule has 138 valence electrons. The van der Waals surface area contributed by atoms with Crippen molar-refractivity contribution in [1.29, 1.82) is 0 Å². The van der Waals surface area contributed by atoms with Crippen molar-refractivity contribution in [2.75, 3.05) is 6.79 Å². The zero-order chi connectivity index (χ0) is 18.8. The second-order valence-corrected chi connectivity index (χ2v) is 7.53. The summed E-state index contributed by atoms with van der Waals surface area (Å²) in [5.74, 6) is 1.45. The van der Waals surface area contributed by atoms with Crippen LogP contribution in [0.2, 0.25) is 0 Å². The molecule has 7 heteroatoms. The summed E-state index contributed by atoms with van der Waals surface area (Å²) >= 11 is 1.54. The summed E-state index contributed by atoms with van der Waals surface area (Å²) in [5.41, 5.74) is 2.27. The summed E-state index contributed by atoms with van der Waals surface area (Å²) in [7, 11) is 0. The van der Waals surface area contributed by atoms with Gasteiger partial charge in [-0.2, -0.15) is 0 Å². The van der Waals surface area contributed by atoms with Gasteiger partial charge in [0.2, 0.25) is 6.79 Å². The number of hydrogen-bond acceptors (Lipinski definition) is 6. The molecule has 0 unspecified atom stereocenters. The predicted octanol–water partition coefficient (Wildman–Crippen LogP) is 3.99. The largest absolute Gasteiger partial charge is 0.454 e. The number of fused-ring (bicyclic) bond motifs is 1. The topological polar surface area (TPSA) is 73.3 Å². The maximum Gasteiger partial charge on any atom is 0.271 e. The quantitative estimate of drug-likeness (QED) is 0.723. The smallest absolute Gasteiger partial charge is 0.271 e. The summed E-state index contributed by atoms with van der Waals surface area (Å²) < 4.78 is 10.9. The number of thiazole rings is 1. The number of ether oxygens (including phenoxy) is 2. The summed E-state index contributed by atoms with van der Waals surface area (Å²) in [6.45, 7) is 4.76. The van der Waals surface area contributed by atoms with Gasteiger partial charge in [0.1, 0.15) is 5.69 Å². The van der Waals surface area contributed by atoms with Crippen molar-refractivity contribution in [3.05, 3.63) is 59.0 Å². The number of benzene rings is 1. The van der Waals surface area contributed by atoms with Crippen molar-refractivity contribution in [2.45, 2.75) is 26.3 Å². The van der Waals surface area contributed by atoms with E-state index in [-0.39, 0.29) is 18.6 Å². The van der Waals surface area contributed by atoms with Gasteiger partial charge in [0, 0.05) is 24.9 Å². The maximum absolute atomic E-state index is 12.8. The van der Waals surface area contributed by atoms with Crippen molar-refractivity contribution < 1.29 is 14.3 Å². The molecule has 1 aromatic carbocycles. The molecule has 3 aromatic rings. The van der Waals surface area contributed by atoms with Crippen molar-refractivity contribution >= 4 is 17.2 Å². The molecule has 0 fully saturated rings. The van der Waals surface area contributed by atoms with E-state index in [1.807, 2.05) is 30.3 Å². The molecule has 0 spiro atoms. The predicted molar refractivity (Wildman–Crippen MR) is 103 cm³/mol. The number of carbonyl (C=O) groups is 1. The fourth-order valence-electron chi connectivity index (χ4n) is 2.74. The number of pyridine rings is 1. The normalized spacial score (nSPS) is 12.4. The lowest BCUT2D eigenvalue weighted by molar-refractivity contribution is 0.0947. The highest BCUT2D eigenvalue weighted by Crippen LogP contribution is 2.40. The Kier molecular flexibility index (Phi) is 4.77. The minimum Gasteiger partial charge on any atom is -0.454 e. The van der Waals surface area contributed by atoms with E-state index in [2.05, 4.69) is 29.1 Å². The van der Waals surface area contributed by atoms with Crippen LogP contribution in [0.4, 0.5) is 0 Å². The van der Waals surface area contributed by atoms with Crippen LogP contribution in [0.3, 0.4) is 0 Å². The average molecular weight is 381 g/mol. The molecular weight excluding hydrogens is 362 g/mol. The first-order chi connectivity index (χ1) is 13.1. The van der Waals surface area contributed by atoms with Crippen molar-refractivity contribution in [2.24, 2.45) is 0 Å². The second-order valence-electron chi connectivity index (χ2n) is 6.50. The molecule has 4 rings (SSSR count). The molecule has 27 heavy (non-hydrogen) atoms. The Balaban J connectivity index is 1.64. The lowest BCUT2D eigenvalue weighted by Crippen LogP contribution is -2.23. The van der Waals surface area contributed by atoms with Crippen LogP contribution < -0.4 is 14.8 Å². The fourth-order valence-corrected chi connectivity index (χ4v) is 3.80. The Morgan fingerprint density at radius 2 is 2.11 bits per heavy atom. The first kappa shape index (κ1) is 17.5. The van der Waals surface area contributed by atoms with Crippen LogP contribution in [0.5, 0.6) is 11.5 Å². The Bertz CT molecular complexity index is 970. The number of amides is 1. The van der Waals surface area contributed by atoms with Crippen LogP contribution in [0, 0.1) is 0 Å². The number of aromatic nitrogens is 2. The molecule has 1 aliphatic rings. The molecule has 2 aromatic heterocycles. The Morgan fingerprint density at radius 1 is 1.26 bits per heavy atom. The van der Waals surface area contributed by atoms with Crippen molar-refractivity contribution in [3.8, 4) is 21.9 Å². The average Bonchev–Trinajstić information content (AvgIpc) is 3.33. The van der Waals surface area contributed by atoms with Gasteiger partial charge in [-0.15, -0.1) is 11.3 Å². The summed E-state index contributed by atoms with van der Waals surface area (Å²) in [6.07, 6.45) is 3.44. The molecule has 1 amide bonds. The number of rotatable bonds is 5. The van der Waals surface area contributed by atoms with Gasteiger partial charge in [0.05, 0.1) is 9.88 Å². The number of carbonyl (C=O) groups excluding carboxylic acids is 1. The highest BCUT2D eigenvalue weighted by atomic mass is 32.1. The van der Waals surface area contributed by atoms with Crippen LogP contribution in [0.15, 0.2) is 42.7 Å². The van der Waals surface area contributed by atoms with Gasteiger partial charge < -0.3 is 14.8 Å². The molecule has 1 N–H and O–H groups in total. The monoisotopic (exact) mass is 381 g/mol. The van der Waals surface area contributed by atoms with E-state index in [4.69, 9.17) is 9.47 Å². The molecule has 3 heterocycles. The molecule has 6 nitrogen and oxygen atoms in total. The minimum atomic E-state index is -0.199. The molecule has 0 aliphatic carbocycles. The molecule has 0 saturated carbocycles. The minimum absolute atomic E-state index is 0.199. The van der Waals surface area contributed by atoms with Gasteiger partial charge in [-0.1, -0.05) is 19.9 Å². The third kappa shape index (κ3) is 3.64. The van der Waals surface area contributed by atoms with E-state index >= 15 is 0 Å². The molecule has 0 saturated heterocycles. The lowest BCUT2D eigenvalue weighted by Gasteiger charge is -2.06. The van der Waals surface area contributed by atoms with Crippen LogP contribution in [-0.2, 0) is 6.54 Å². The third-order valence-electron chi connectivity index (χ3n) is 4.16. The highest BCUT2D eigenvalue weighted by Gasteiger charge is 2.23. The van der Waals surface area contributed by atoms with Gasteiger partial charge in [-0.05, 0) is 35.4 Å². The first-order valence-electron chi connectivity index (χ1n) is 8.69. The van der Waals surface area contributed by atoms with Gasteiger partial charge in [0.15, 0.2) is 11.5 Å².